The second-order valence-electron chi connectivity index (χ2n) is 3.62. The van der Waals surface area contributed by atoms with Gasteiger partial charge in [-0.3, -0.25) is 5.01 Å². The fourth-order valence-corrected chi connectivity index (χ4v) is 1.65. The van der Waals surface area contributed by atoms with E-state index in [2.05, 4.69) is 10.0 Å². The standard InChI is InChI=1S/C9H18N4O2/c10-9(12-1-5-14-6-2-12)11-13-3-7-15-8-4-13/h1-8H2,(H2,10,11). The molecule has 0 bridgehead atoms. The zero-order valence-electron chi connectivity index (χ0n) is 8.89. The molecular weight excluding hydrogens is 196 g/mol. The van der Waals surface area contributed by atoms with E-state index in [4.69, 9.17) is 15.2 Å². The van der Waals surface area contributed by atoms with Crippen molar-refractivity contribution in [2.24, 2.45) is 10.8 Å². The van der Waals surface area contributed by atoms with Gasteiger partial charge < -0.3 is 20.1 Å². The highest BCUT2D eigenvalue weighted by Crippen LogP contribution is 2.00. The quantitative estimate of drug-likeness (QED) is 0.442. The number of hydrogen-bond acceptors (Lipinski definition) is 4. The highest BCUT2D eigenvalue weighted by Gasteiger charge is 2.14. The minimum atomic E-state index is 0.597. The van der Waals surface area contributed by atoms with Gasteiger partial charge in [0.05, 0.1) is 39.5 Å². The number of hydrazone groups is 1. The molecule has 0 radical (unpaired) electrons. The van der Waals surface area contributed by atoms with Gasteiger partial charge in [-0.1, -0.05) is 0 Å². The minimum absolute atomic E-state index is 0.597. The maximum atomic E-state index is 5.92. The molecule has 2 heterocycles. The topological polar surface area (TPSA) is 63.3 Å². The van der Waals surface area contributed by atoms with Gasteiger partial charge >= 0.3 is 0 Å². The first-order valence-electron chi connectivity index (χ1n) is 5.36. The third kappa shape index (κ3) is 2.97. The summed E-state index contributed by atoms with van der Waals surface area (Å²) in [6.45, 7) is 6.26. The Kier molecular flexibility index (Phi) is 3.63. The lowest BCUT2D eigenvalue weighted by atomic mass is 10.4. The summed E-state index contributed by atoms with van der Waals surface area (Å²) in [5, 5.41) is 6.34. The summed E-state index contributed by atoms with van der Waals surface area (Å²) in [6.07, 6.45) is 0. The van der Waals surface area contributed by atoms with Crippen molar-refractivity contribution < 1.29 is 9.47 Å². The number of rotatable bonds is 1. The molecule has 2 aliphatic rings. The first kappa shape index (κ1) is 10.5. The summed E-state index contributed by atoms with van der Waals surface area (Å²) in [5.74, 6) is 0.597. The largest absolute Gasteiger partial charge is 0.378 e. The van der Waals surface area contributed by atoms with Crippen LogP contribution < -0.4 is 5.73 Å². The summed E-state index contributed by atoms with van der Waals surface area (Å²) < 4.78 is 10.5. The zero-order chi connectivity index (χ0) is 10.5. The van der Waals surface area contributed by atoms with E-state index in [1.807, 2.05) is 5.01 Å². The van der Waals surface area contributed by atoms with Gasteiger partial charge in [-0.05, 0) is 0 Å². The van der Waals surface area contributed by atoms with E-state index in [9.17, 15) is 0 Å². The van der Waals surface area contributed by atoms with Gasteiger partial charge in [-0.15, -0.1) is 5.10 Å². The van der Waals surface area contributed by atoms with Gasteiger partial charge in [-0.2, -0.15) is 0 Å². The van der Waals surface area contributed by atoms with E-state index in [0.717, 1.165) is 52.6 Å². The molecule has 0 aromatic heterocycles. The Morgan fingerprint density at radius 1 is 0.933 bits per heavy atom. The molecule has 2 rings (SSSR count). The maximum absolute atomic E-state index is 5.92. The second-order valence-corrected chi connectivity index (χ2v) is 3.62. The number of hydrogen-bond donors (Lipinski definition) is 1. The molecule has 2 N–H and O–H groups in total. The minimum Gasteiger partial charge on any atom is -0.378 e. The van der Waals surface area contributed by atoms with Crippen LogP contribution in [0.5, 0.6) is 0 Å². The smallest absolute Gasteiger partial charge is 0.214 e. The third-order valence-electron chi connectivity index (χ3n) is 2.57. The lowest BCUT2D eigenvalue weighted by Crippen LogP contribution is -2.46. The molecule has 0 atom stereocenters. The Hall–Kier alpha value is -1.01. The highest BCUT2D eigenvalue weighted by molar-refractivity contribution is 5.77. The molecule has 0 aromatic carbocycles. The van der Waals surface area contributed by atoms with Gasteiger partial charge in [0, 0.05) is 13.1 Å². The van der Waals surface area contributed by atoms with Crippen molar-refractivity contribution in [3.63, 3.8) is 0 Å². The van der Waals surface area contributed by atoms with Crippen LogP contribution in [0.2, 0.25) is 0 Å². The van der Waals surface area contributed by atoms with Gasteiger partial charge in [0.2, 0.25) is 5.96 Å². The highest BCUT2D eigenvalue weighted by atomic mass is 16.5. The zero-order valence-corrected chi connectivity index (χ0v) is 8.89. The first-order valence-corrected chi connectivity index (χ1v) is 5.36. The molecule has 0 amide bonds. The molecule has 0 spiro atoms. The molecule has 0 saturated carbocycles. The van der Waals surface area contributed by atoms with Crippen LogP contribution in [0.25, 0.3) is 0 Å². The van der Waals surface area contributed by atoms with Gasteiger partial charge in [0.15, 0.2) is 0 Å². The monoisotopic (exact) mass is 214 g/mol. The molecule has 0 unspecified atom stereocenters. The Morgan fingerprint density at radius 2 is 1.47 bits per heavy atom. The van der Waals surface area contributed by atoms with E-state index in [1.54, 1.807) is 0 Å². The van der Waals surface area contributed by atoms with Gasteiger partial charge in [0.1, 0.15) is 0 Å². The summed E-state index contributed by atoms with van der Waals surface area (Å²) >= 11 is 0. The Labute approximate surface area is 89.6 Å². The number of nitrogens with two attached hydrogens (primary N) is 1. The van der Waals surface area contributed by atoms with Crippen molar-refractivity contribution in [1.82, 2.24) is 9.91 Å². The molecule has 6 heteroatoms. The Bertz CT molecular complexity index is 222. The van der Waals surface area contributed by atoms with Crippen molar-refractivity contribution in [3.8, 4) is 0 Å². The van der Waals surface area contributed by atoms with Crippen LogP contribution in [-0.4, -0.2) is 68.5 Å². The van der Waals surface area contributed by atoms with Crippen LogP contribution >= 0.6 is 0 Å². The average Bonchev–Trinajstić information content (AvgIpc) is 2.31. The summed E-state index contributed by atoms with van der Waals surface area (Å²) in [4.78, 5) is 2.05. The predicted molar refractivity (Wildman–Crippen MR) is 56.4 cm³/mol. The molecule has 15 heavy (non-hydrogen) atoms. The molecule has 2 saturated heterocycles. The number of ether oxygens (including phenoxy) is 2. The second kappa shape index (κ2) is 5.18. The van der Waals surface area contributed by atoms with Crippen molar-refractivity contribution in [3.05, 3.63) is 0 Å². The van der Waals surface area contributed by atoms with Crippen LogP contribution in [0.1, 0.15) is 0 Å². The maximum Gasteiger partial charge on any atom is 0.214 e. The van der Waals surface area contributed by atoms with Crippen molar-refractivity contribution in [1.29, 1.82) is 0 Å². The van der Waals surface area contributed by atoms with E-state index < -0.39 is 0 Å². The number of nitrogens with zero attached hydrogens (tertiary/aromatic N) is 3. The molecule has 0 aromatic rings. The summed E-state index contributed by atoms with van der Waals surface area (Å²) in [6, 6.07) is 0. The lowest BCUT2D eigenvalue weighted by Gasteiger charge is -2.30. The molecular formula is C9H18N4O2. The lowest BCUT2D eigenvalue weighted by molar-refractivity contribution is 0.0362. The normalized spacial score (nSPS) is 24.4. The summed E-state index contributed by atoms with van der Waals surface area (Å²) in [7, 11) is 0. The van der Waals surface area contributed by atoms with Crippen LogP contribution in [-0.2, 0) is 9.47 Å². The molecule has 2 fully saturated rings. The van der Waals surface area contributed by atoms with Crippen LogP contribution in [0, 0.1) is 0 Å². The Morgan fingerprint density at radius 3 is 2.07 bits per heavy atom. The van der Waals surface area contributed by atoms with Gasteiger partial charge in [0.25, 0.3) is 0 Å². The summed E-state index contributed by atoms with van der Waals surface area (Å²) in [5.41, 5.74) is 5.92. The van der Waals surface area contributed by atoms with E-state index in [1.165, 1.54) is 0 Å². The van der Waals surface area contributed by atoms with Crippen molar-refractivity contribution in [2.75, 3.05) is 52.6 Å². The van der Waals surface area contributed by atoms with E-state index in [0.29, 0.717) is 5.96 Å². The number of morpholine rings is 2. The predicted octanol–water partition coefficient (Wildman–Crippen LogP) is -1.12. The third-order valence-corrected chi connectivity index (χ3v) is 2.57. The molecule has 2 aliphatic heterocycles. The SMILES string of the molecule is NC(=NN1CCOCC1)N1CCOCC1. The first-order chi connectivity index (χ1) is 7.36. The molecule has 0 aliphatic carbocycles. The van der Waals surface area contributed by atoms with E-state index in [-0.39, 0.29) is 0 Å². The average molecular weight is 214 g/mol. The van der Waals surface area contributed by atoms with Crippen molar-refractivity contribution in [2.45, 2.75) is 0 Å². The van der Waals surface area contributed by atoms with Gasteiger partial charge in [-0.25, -0.2) is 0 Å². The fourth-order valence-electron chi connectivity index (χ4n) is 1.65. The van der Waals surface area contributed by atoms with Crippen molar-refractivity contribution >= 4 is 5.96 Å². The van der Waals surface area contributed by atoms with Crippen LogP contribution in [0.3, 0.4) is 0 Å². The van der Waals surface area contributed by atoms with Crippen LogP contribution in [0.15, 0.2) is 5.10 Å². The number of guanidine groups is 1. The van der Waals surface area contributed by atoms with E-state index >= 15 is 0 Å². The van der Waals surface area contributed by atoms with Crippen LogP contribution in [0.4, 0.5) is 0 Å². The molecule has 86 valence electrons. The molecule has 6 nitrogen and oxygen atoms in total. The Balaban J connectivity index is 1.86. The fraction of sp³-hybridized carbons (Fsp3) is 0.889.